The van der Waals surface area contributed by atoms with Gasteiger partial charge in [-0.2, -0.15) is 18.0 Å². The number of nitrogens with zero attached hydrogens (tertiary/aromatic N) is 5. The summed E-state index contributed by atoms with van der Waals surface area (Å²) in [5.74, 6) is -0.579. The van der Waals surface area contributed by atoms with E-state index >= 15 is 0 Å². The molecule has 0 fully saturated rings. The van der Waals surface area contributed by atoms with E-state index in [1.54, 1.807) is 7.05 Å². The van der Waals surface area contributed by atoms with Gasteiger partial charge in [-0.3, -0.25) is 0 Å². The van der Waals surface area contributed by atoms with Crippen molar-refractivity contribution in [3.05, 3.63) is 30.4 Å². The maximum atomic E-state index is 12.9. The minimum absolute atomic E-state index is 0.176. The number of halogens is 3. The van der Waals surface area contributed by atoms with Crippen LogP contribution in [0.5, 0.6) is 0 Å². The lowest BCUT2D eigenvalue weighted by Crippen LogP contribution is -2.11. The standard InChI is InChI=1S/C12H10F3N7/c1-17-22-11-7(4-18-5-20-11)9(21-22)6-2-8(12(13,14)15)10(16)19-3-6/h2-5,17H,1H3,(H2,16,19). The Morgan fingerprint density at radius 1 is 1.23 bits per heavy atom. The smallest absolute Gasteiger partial charge is 0.383 e. The van der Waals surface area contributed by atoms with Gasteiger partial charge in [0.2, 0.25) is 0 Å². The van der Waals surface area contributed by atoms with Crippen LogP contribution < -0.4 is 11.2 Å². The van der Waals surface area contributed by atoms with Crippen LogP contribution in [0.1, 0.15) is 5.56 Å². The lowest BCUT2D eigenvalue weighted by molar-refractivity contribution is -0.137. The van der Waals surface area contributed by atoms with Crippen LogP contribution in [0.4, 0.5) is 19.0 Å². The fraction of sp³-hybridized carbons (Fsp3) is 0.167. The van der Waals surface area contributed by atoms with Crippen LogP contribution in [0, 0.1) is 0 Å². The van der Waals surface area contributed by atoms with Gasteiger partial charge in [0, 0.05) is 25.0 Å². The Hall–Kier alpha value is -2.91. The summed E-state index contributed by atoms with van der Waals surface area (Å²) in [6, 6.07) is 0.914. The van der Waals surface area contributed by atoms with E-state index < -0.39 is 17.6 Å². The van der Waals surface area contributed by atoms with Crippen LogP contribution in [-0.2, 0) is 6.18 Å². The van der Waals surface area contributed by atoms with Crippen molar-refractivity contribution < 1.29 is 13.2 Å². The quantitative estimate of drug-likeness (QED) is 0.747. The van der Waals surface area contributed by atoms with Crippen LogP contribution in [0.2, 0.25) is 0 Å². The van der Waals surface area contributed by atoms with Gasteiger partial charge < -0.3 is 11.2 Å². The predicted octanol–water partition coefficient (Wildman–Crippen LogP) is 1.66. The second-order valence-electron chi connectivity index (χ2n) is 4.40. The first kappa shape index (κ1) is 14.0. The van der Waals surface area contributed by atoms with Crippen molar-refractivity contribution >= 4 is 16.9 Å². The maximum absolute atomic E-state index is 12.9. The molecule has 0 radical (unpaired) electrons. The Bertz CT molecular complexity index is 840. The number of nitrogen functional groups attached to an aromatic ring is 1. The molecule has 0 amide bonds. The number of anilines is 1. The first-order valence-corrected chi connectivity index (χ1v) is 6.11. The Balaban J connectivity index is 2.24. The molecule has 22 heavy (non-hydrogen) atoms. The Labute approximate surface area is 122 Å². The van der Waals surface area contributed by atoms with Gasteiger partial charge in [-0.1, -0.05) is 0 Å². The highest BCUT2D eigenvalue weighted by atomic mass is 19.4. The number of aromatic nitrogens is 5. The second kappa shape index (κ2) is 4.83. The molecule has 3 aromatic rings. The molecule has 10 heteroatoms. The zero-order valence-electron chi connectivity index (χ0n) is 11.3. The molecule has 3 aromatic heterocycles. The molecule has 0 unspecified atom stereocenters. The van der Waals surface area contributed by atoms with E-state index in [4.69, 9.17) is 5.73 Å². The van der Waals surface area contributed by atoms with E-state index in [0.717, 1.165) is 6.07 Å². The SMILES string of the molecule is CNn1nc(-c2cnc(N)c(C(F)(F)F)c2)c2cncnc21. The van der Waals surface area contributed by atoms with Crippen molar-refractivity contribution in [2.45, 2.75) is 6.18 Å². The monoisotopic (exact) mass is 309 g/mol. The summed E-state index contributed by atoms with van der Waals surface area (Å²) in [5, 5.41) is 4.68. The van der Waals surface area contributed by atoms with Gasteiger partial charge in [-0.25, -0.2) is 15.0 Å². The molecule has 0 saturated heterocycles. The van der Waals surface area contributed by atoms with E-state index in [2.05, 4.69) is 25.5 Å². The second-order valence-corrected chi connectivity index (χ2v) is 4.40. The topological polar surface area (TPSA) is 94.5 Å². The largest absolute Gasteiger partial charge is 0.419 e. The first-order valence-electron chi connectivity index (χ1n) is 6.11. The molecule has 0 bridgehead atoms. The van der Waals surface area contributed by atoms with Crippen molar-refractivity contribution in [3.63, 3.8) is 0 Å². The zero-order valence-corrected chi connectivity index (χ0v) is 11.3. The molecule has 0 aliphatic carbocycles. The van der Waals surface area contributed by atoms with Gasteiger partial charge in [0.1, 0.15) is 17.8 Å². The highest BCUT2D eigenvalue weighted by Crippen LogP contribution is 2.35. The minimum atomic E-state index is -4.59. The van der Waals surface area contributed by atoms with E-state index in [1.807, 2.05) is 0 Å². The number of hydrogen-bond donors (Lipinski definition) is 2. The molecule has 7 nitrogen and oxygen atoms in total. The van der Waals surface area contributed by atoms with Gasteiger partial charge >= 0.3 is 6.18 Å². The lowest BCUT2D eigenvalue weighted by atomic mass is 10.1. The summed E-state index contributed by atoms with van der Waals surface area (Å²) in [6.45, 7) is 0. The van der Waals surface area contributed by atoms with E-state index in [0.29, 0.717) is 11.0 Å². The molecule has 114 valence electrons. The number of rotatable bonds is 2. The normalized spacial score (nSPS) is 11.8. The molecule has 3 N–H and O–H groups in total. The van der Waals surface area contributed by atoms with Crippen LogP contribution in [-0.4, -0.2) is 31.9 Å². The summed E-state index contributed by atoms with van der Waals surface area (Å²) in [5.41, 5.74) is 7.96. The summed E-state index contributed by atoms with van der Waals surface area (Å²) < 4.78 is 38.8. The molecule has 0 saturated carbocycles. The molecule has 3 heterocycles. The maximum Gasteiger partial charge on any atom is 0.419 e. The molecular formula is C12H10F3N7. The number of alkyl halides is 3. The van der Waals surface area contributed by atoms with Crippen molar-refractivity contribution in [1.29, 1.82) is 0 Å². The van der Waals surface area contributed by atoms with Gasteiger partial charge in [-0.15, -0.1) is 5.10 Å². The number of nitrogens with one attached hydrogen (secondary N) is 1. The fourth-order valence-electron chi connectivity index (χ4n) is 2.06. The summed E-state index contributed by atoms with van der Waals surface area (Å²) in [6.07, 6.45) is -0.559. The van der Waals surface area contributed by atoms with Gasteiger partial charge in [0.15, 0.2) is 5.65 Å². The van der Waals surface area contributed by atoms with Crippen LogP contribution in [0.15, 0.2) is 24.8 Å². The molecule has 0 atom stereocenters. The number of fused-ring (bicyclic) bond motifs is 1. The van der Waals surface area contributed by atoms with E-state index in [1.165, 1.54) is 23.5 Å². The number of pyridine rings is 1. The van der Waals surface area contributed by atoms with Gasteiger partial charge in [0.25, 0.3) is 0 Å². The van der Waals surface area contributed by atoms with Crippen LogP contribution >= 0.6 is 0 Å². The number of hydrogen-bond acceptors (Lipinski definition) is 6. The Morgan fingerprint density at radius 3 is 2.68 bits per heavy atom. The van der Waals surface area contributed by atoms with Crippen LogP contribution in [0.3, 0.4) is 0 Å². The third-order valence-corrected chi connectivity index (χ3v) is 3.06. The highest BCUT2D eigenvalue weighted by molar-refractivity contribution is 5.90. The van der Waals surface area contributed by atoms with Crippen molar-refractivity contribution in [3.8, 4) is 11.3 Å². The average Bonchev–Trinajstić information content (AvgIpc) is 2.85. The van der Waals surface area contributed by atoms with E-state index in [-0.39, 0.29) is 11.3 Å². The Morgan fingerprint density at radius 2 is 2.00 bits per heavy atom. The van der Waals surface area contributed by atoms with Gasteiger partial charge in [0.05, 0.1) is 10.9 Å². The minimum Gasteiger partial charge on any atom is -0.383 e. The predicted molar refractivity (Wildman–Crippen MR) is 73.3 cm³/mol. The summed E-state index contributed by atoms with van der Waals surface area (Å²) >= 11 is 0. The first-order chi connectivity index (χ1) is 10.4. The van der Waals surface area contributed by atoms with Gasteiger partial charge in [-0.05, 0) is 6.07 Å². The van der Waals surface area contributed by atoms with Crippen molar-refractivity contribution in [2.75, 3.05) is 18.2 Å². The highest BCUT2D eigenvalue weighted by Gasteiger charge is 2.34. The van der Waals surface area contributed by atoms with Crippen LogP contribution in [0.25, 0.3) is 22.3 Å². The van der Waals surface area contributed by atoms with Crippen molar-refractivity contribution in [2.24, 2.45) is 0 Å². The number of nitrogens with two attached hydrogens (primary N) is 1. The Kier molecular flexibility index (Phi) is 3.08. The average molecular weight is 309 g/mol. The molecular weight excluding hydrogens is 299 g/mol. The molecule has 0 aliphatic heterocycles. The lowest BCUT2D eigenvalue weighted by Gasteiger charge is -2.10. The fourth-order valence-corrected chi connectivity index (χ4v) is 2.06. The zero-order chi connectivity index (χ0) is 15.9. The summed E-state index contributed by atoms with van der Waals surface area (Å²) in [7, 11) is 1.61. The third-order valence-electron chi connectivity index (χ3n) is 3.06. The molecule has 0 spiro atoms. The molecule has 3 rings (SSSR count). The molecule has 0 aliphatic rings. The molecule has 0 aromatic carbocycles. The van der Waals surface area contributed by atoms with Crippen molar-refractivity contribution in [1.82, 2.24) is 24.8 Å². The van der Waals surface area contributed by atoms with E-state index in [9.17, 15) is 13.2 Å². The summed E-state index contributed by atoms with van der Waals surface area (Å²) in [4.78, 5) is 12.9. The third kappa shape index (κ3) is 2.18.